The molecule has 5 aliphatic rings. The van der Waals surface area contributed by atoms with Crippen LogP contribution in [0.1, 0.15) is 57.1 Å². The smallest absolute Gasteiger partial charge is 0.228 e. The van der Waals surface area contributed by atoms with E-state index in [1.807, 2.05) is 24.4 Å². The molecule has 0 atom stereocenters. The summed E-state index contributed by atoms with van der Waals surface area (Å²) >= 11 is 0. The van der Waals surface area contributed by atoms with Crippen molar-refractivity contribution < 1.29 is 4.79 Å². The van der Waals surface area contributed by atoms with Gasteiger partial charge in [-0.3, -0.25) is 4.79 Å². The SMILES string of the molecule is O=C(N1CCC(CNCc2cccc(-n3cccn3)n2)CC1)C12CC3CC(CC(C3)C1)C2. The first-order valence-corrected chi connectivity index (χ1v) is 12.6. The van der Waals surface area contributed by atoms with Crippen molar-refractivity contribution in [1.82, 2.24) is 25.0 Å². The molecule has 1 N–H and O–H groups in total. The maximum absolute atomic E-state index is 13.6. The van der Waals surface area contributed by atoms with Crippen LogP contribution in [0.5, 0.6) is 0 Å². The molecular weight excluding hydrogens is 398 g/mol. The highest BCUT2D eigenvalue weighted by Gasteiger charge is 2.55. The number of carbonyl (C=O) groups excluding carboxylic acids is 1. The summed E-state index contributed by atoms with van der Waals surface area (Å²) in [6.45, 7) is 3.65. The van der Waals surface area contributed by atoms with Crippen LogP contribution in [0.4, 0.5) is 0 Å². The number of amides is 1. The third-order valence-corrected chi connectivity index (χ3v) is 8.66. The average Bonchev–Trinajstić information content (AvgIpc) is 3.34. The highest BCUT2D eigenvalue weighted by Crippen LogP contribution is 2.60. The first-order valence-electron chi connectivity index (χ1n) is 12.6. The van der Waals surface area contributed by atoms with E-state index in [1.54, 1.807) is 10.9 Å². The van der Waals surface area contributed by atoms with Crippen molar-refractivity contribution >= 4 is 5.91 Å². The topological polar surface area (TPSA) is 63.1 Å². The quantitative estimate of drug-likeness (QED) is 0.752. The Bertz CT molecular complexity index is 912. The number of rotatable bonds is 6. The van der Waals surface area contributed by atoms with Crippen LogP contribution < -0.4 is 5.32 Å². The second-order valence-corrected chi connectivity index (χ2v) is 11.0. The normalized spacial score (nSPS) is 31.9. The van der Waals surface area contributed by atoms with Gasteiger partial charge in [-0.05, 0) is 99.8 Å². The van der Waals surface area contributed by atoms with Crippen molar-refractivity contribution in [3.63, 3.8) is 0 Å². The van der Waals surface area contributed by atoms with Gasteiger partial charge < -0.3 is 10.2 Å². The van der Waals surface area contributed by atoms with Gasteiger partial charge in [-0.25, -0.2) is 9.67 Å². The van der Waals surface area contributed by atoms with Crippen molar-refractivity contribution in [3.8, 4) is 5.82 Å². The minimum atomic E-state index is 0.0189. The van der Waals surface area contributed by atoms with Crippen LogP contribution in [0, 0.1) is 29.1 Å². The molecule has 1 saturated heterocycles. The predicted molar refractivity (Wildman–Crippen MR) is 123 cm³/mol. The molecule has 32 heavy (non-hydrogen) atoms. The fraction of sp³-hybridized carbons (Fsp3) is 0.654. The Morgan fingerprint density at radius 3 is 2.41 bits per heavy atom. The third-order valence-electron chi connectivity index (χ3n) is 8.66. The van der Waals surface area contributed by atoms with Crippen LogP contribution in [0.2, 0.25) is 0 Å². The lowest BCUT2D eigenvalue weighted by atomic mass is 9.49. The Balaban J connectivity index is 0.988. The maximum atomic E-state index is 13.6. The molecule has 0 aromatic carbocycles. The van der Waals surface area contributed by atoms with E-state index in [4.69, 9.17) is 4.98 Å². The predicted octanol–water partition coefficient (Wildman–Crippen LogP) is 3.81. The number of carbonyl (C=O) groups is 1. The summed E-state index contributed by atoms with van der Waals surface area (Å²) in [6, 6.07) is 7.99. The highest BCUT2D eigenvalue weighted by molar-refractivity contribution is 5.83. The standard InChI is InChI=1S/C26H35N5O/c32-25(26-14-20-11-21(15-26)13-22(12-20)16-26)30-9-5-19(6-10-30)17-27-18-23-3-1-4-24(29-23)31-8-2-7-28-31/h1-4,7-8,19-22,27H,5-6,9-18H2. The van der Waals surface area contributed by atoms with Crippen molar-refractivity contribution in [2.45, 2.75) is 57.9 Å². The highest BCUT2D eigenvalue weighted by atomic mass is 16.2. The Hall–Kier alpha value is -2.21. The molecule has 0 radical (unpaired) electrons. The molecule has 3 heterocycles. The summed E-state index contributed by atoms with van der Waals surface area (Å²) in [4.78, 5) is 20.5. The lowest BCUT2D eigenvalue weighted by molar-refractivity contribution is -0.159. The Morgan fingerprint density at radius 1 is 1.03 bits per heavy atom. The Kier molecular flexibility index (Phi) is 5.28. The monoisotopic (exact) mass is 433 g/mol. The molecule has 1 amide bonds. The molecule has 6 heteroatoms. The first-order chi connectivity index (χ1) is 15.7. The van der Waals surface area contributed by atoms with Gasteiger partial charge in [0.05, 0.1) is 11.1 Å². The van der Waals surface area contributed by atoms with E-state index in [9.17, 15) is 4.79 Å². The van der Waals surface area contributed by atoms with E-state index in [2.05, 4.69) is 21.4 Å². The van der Waals surface area contributed by atoms with E-state index in [0.29, 0.717) is 11.8 Å². The summed E-state index contributed by atoms with van der Waals surface area (Å²) in [5.41, 5.74) is 1.05. The molecule has 0 unspecified atom stereocenters. The van der Waals surface area contributed by atoms with Crippen LogP contribution in [0.25, 0.3) is 5.82 Å². The molecular formula is C26H35N5O. The average molecular weight is 434 g/mol. The van der Waals surface area contributed by atoms with Gasteiger partial charge in [-0.2, -0.15) is 5.10 Å². The molecule has 7 rings (SSSR count). The number of hydrogen-bond donors (Lipinski definition) is 1. The molecule has 0 spiro atoms. The number of nitrogens with zero attached hydrogens (tertiary/aromatic N) is 4. The van der Waals surface area contributed by atoms with Crippen molar-refractivity contribution in [1.29, 1.82) is 0 Å². The molecule has 2 aromatic rings. The molecule has 4 saturated carbocycles. The fourth-order valence-corrected chi connectivity index (χ4v) is 7.55. The van der Waals surface area contributed by atoms with Gasteiger partial charge in [-0.15, -0.1) is 0 Å². The summed E-state index contributed by atoms with van der Waals surface area (Å²) in [5, 5.41) is 7.86. The summed E-state index contributed by atoms with van der Waals surface area (Å²) in [6.07, 6.45) is 13.7. The largest absolute Gasteiger partial charge is 0.342 e. The van der Waals surface area contributed by atoms with Crippen molar-refractivity contribution in [2.24, 2.45) is 29.1 Å². The van der Waals surface area contributed by atoms with Gasteiger partial charge in [0.15, 0.2) is 5.82 Å². The van der Waals surface area contributed by atoms with Crippen LogP contribution in [-0.2, 0) is 11.3 Å². The Morgan fingerprint density at radius 2 is 1.75 bits per heavy atom. The van der Waals surface area contributed by atoms with Crippen LogP contribution in [-0.4, -0.2) is 45.2 Å². The van der Waals surface area contributed by atoms with E-state index in [-0.39, 0.29) is 5.41 Å². The number of nitrogens with one attached hydrogen (secondary N) is 1. The third kappa shape index (κ3) is 3.87. The Labute approximate surface area is 190 Å². The van der Waals surface area contributed by atoms with E-state index < -0.39 is 0 Å². The number of hydrogen-bond acceptors (Lipinski definition) is 4. The van der Waals surface area contributed by atoms with Gasteiger partial charge >= 0.3 is 0 Å². The van der Waals surface area contributed by atoms with Crippen LogP contribution in [0.3, 0.4) is 0 Å². The summed E-state index contributed by atoms with van der Waals surface area (Å²) < 4.78 is 1.79. The molecule has 6 nitrogen and oxygen atoms in total. The molecule has 4 bridgehead atoms. The van der Waals surface area contributed by atoms with Gasteiger partial charge in [0, 0.05) is 32.0 Å². The second-order valence-electron chi connectivity index (χ2n) is 11.0. The molecule has 5 fully saturated rings. The van der Waals surface area contributed by atoms with E-state index >= 15 is 0 Å². The maximum Gasteiger partial charge on any atom is 0.228 e. The second kappa shape index (κ2) is 8.29. The minimum Gasteiger partial charge on any atom is -0.342 e. The summed E-state index contributed by atoms with van der Waals surface area (Å²) in [7, 11) is 0. The fourth-order valence-electron chi connectivity index (χ4n) is 7.55. The molecule has 1 aliphatic heterocycles. The number of piperidine rings is 1. The van der Waals surface area contributed by atoms with E-state index in [0.717, 1.165) is 68.3 Å². The number of likely N-dealkylation sites (tertiary alicyclic amines) is 1. The number of aromatic nitrogens is 3. The first kappa shape index (κ1) is 20.4. The molecule has 4 aliphatic carbocycles. The minimum absolute atomic E-state index is 0.0189. The summed E-state index contributed by atoms with van der Waals surface area (Å²) in [5.74, 6) is 4.53. The zero-order chi connectivity index (χ0) is 21.5. The van der Waals surface area contributed by atoms with Gasteiger partial charge in [0.1, 0.15) is 0 Å². The number of pyridine rings is 1. The molecule has 2 aromatic heterocycles. The van der Waals surface area contributed by atoms with Gasteiger partial charge in [0.25, 0.3) is 0 Å². The van der Waals surface area contributed by atoms with Crippen LogP contribution in [0.15, 0.2) is 36.7 Å². The zero-order valence-electron chi connectivity index (χ0n) is 19.0. The van der Waals surface area contributed by atoms with E-state index in [1.165, 1.54) is 38.5 Å². The van der Waals surface area contributed by atoms with Crippen LogP contribution >= 0.6 is 0 Å². The zero-order valence-corrected chi connectivity index (χ0v) is 19.0. The lowest BCUT2D eigenvalue weighted by Crippen LogP contribution is -2.56. The lowest BCUT2D eigenvalue weighted by Gasteiger charge is -2.57. The van der Waals surface area contributed by atoms with Crippen molar-refractivity contribution in [2.75, 3.05) is 19.6 Å². The van der Waals surface area contributed by atoms with Gasteiger partial charge in [-0.1, -0.05) is 6.07 Å². The molecule has 170 valence electrons. The van der Waals surface area contributed by atoms with Crippen molar-refractivity contribution in [3.05, 3.63) is 42.4 Å². The van der Waals surface area contributed by atoms with Gasteiger partial charge in [0.2, 0.25) is 5.91 Å².